The van der Waals surface area contributed by atoms with Crippen LogP contribution in [0.15, 0.2) is 47.4 Å². The van der Waals surface area contributed by atoms with Gasteiger partial charge in [-0.25, -0.2) is 12.8 Å². The van der Waals surface area contributed by atoms with Crippen LogP contribution < -0.4 is 0 Å². The summed E-state index contributed by atoms with van der Waals surface area (Å²) >= 11 is 0. The minimum atomic E-state index is -3.63. The molecule has 0 amide bonds. The van der Waals surface area contributed by atoms with E-state index in [0.29, 0.717) is 0 Å². The quantitative estimate of drug-likeness (QED) is 0.872. The maximum atomic E-state index is 13.7. The van der Waals surface area contributed by atoms with Gasteiger partial charge in [0.15, 0.2) is 9.84 Å². The second kappa shape index (κ2) is 5.43. The second-order valence-electron chi connectivity index (χ2n) is 4.49. The fraction of sp³-hybridized carbons (Fsp3) is 0.133. The molecule has 2 aromatic rings. The predicted molar refractivity (Wildman–Crippen MR) is 73.2 cm³/mol. The minimum absolute atomic E-state index is 0.00514. The molecule has 5 heteroatoms. The van der Waals surface area contributed by atoms with E-state index in [4.69, 9.17) is 5.26 Å². The Labute approximate surface area is 117 Å². The minimum Gasteiger partial charge on any atom is -0.223 e. The van der Waals surface area contributed by atoms with Crippen molar-refractivity contribution in [3.05, 3.63) is 65.0 Å². The van der Waals surface area contributed by atoms with Crippen LogP contribution in [0.3, 0.4) is 0 Å². The van der Waals surface area contributed by atoms with Crippen molar-refractivity contribution in [1.29, 1.82) is 5.26 Å². The van der Waals surface area contributed by atoms with Gasteiger partial charge in [-0.1, -0.05) is 12.1 Å². The van der Waals surface area contributed by atoms with Gasteiger partial charge < -0.3 is 0 Å². The molecule has 2 rings (SSSR count). The number of benzene rings is 2. The Morgan fingerprint density at radius 2 is 1.95 bits per heavy atom. The van der Waals surface area contributed by atoms with Crippen LogP contribution in [-0.4, -0.2) is 8.42 Å². The molecule has 0 fully saturated rings. The first-order chi connectivity index (χ1) is 9.42. The zero-order valence-electron chi connectivity index (χ0n) is 10.8. The summed E-state index contributed by atoms with van der Waals surface area (Å²) < 4.78 is 38.2. The number of rotatable bonds is 3. The topological polar surface area (TPSA) is 57.9 Å². The van der Waals surface area contributed by atoms with E-state index >= 15 is 0 Å². The van der Waals surface area contributed by atoms with Crippen molar-refractivity contribution in [1.82, 2.24) is 0 Å². The smallest absolute Gasteiger partial charge is 0.182 e. The van der Waals surface area contributed by atoms with Crippen LogP contribution in [0.2, 0.25) is 0 Å². The van der Waals surface area contributed by atoms with Gasteiger partial charge in [-0.2, -0.15) is 5.26 Å². The van der Waals surface area contributed by atoms with Gasteiger partial charge in [-0.3, -0.25) is 0 Å². The molecule has 2 aromatic carbocycles. The van der Waals surface area contributed by atoms with Gasteiger partial charge in [0, 0.05) is 5.56 Å². The Kier molecular flexibility index (Phi) is 3.86. The van der Waals surface area contributed by atoms with Crippen LogP contribution in [0.5, 0.6) is 0 Å². The van der Waals surface area contributed by atoms with Crippen molar-refractivity contribution < 1.29 is 12.8 Å². The average Bonchev–Trinajstić information content (AvgIpc) is 2.41. The van der Waals surface area contributed by atoms with Crippen LogP contribution >= 0.6 is 0 Å². The normalized spacial score (nSPS) is 11.1. The first kappa shape index (κ1) is 14.2. The van der Waals surface area contributed by atoms with E-state index in [1.807, 2.05) is 6.07 Å². The van der Waals surface area contributed by atoms with E-state index in [1.54, 1.807) is 25.1 Å². The third-order valence-electron chi connectivity index (χ3n) is 2.87. The van der Waals surface area contributed by atoms with Gasteiger partial charge in [-0.15, -0.1) is 0 Å². The summed E-state index contributed by atoms with van der Waals surface area (Å²) in [6.07, 6.45) is 0. The zero-order chi connectivity index (χ0) is 14.8. The lowest BCUT2D eigenvalue weighted by Gasteiger charge is -2.07. The number of hydrogen-bond acceptors (Lipinski definition) is 3. The van der Waals surface area contributed by atoms with Crippen molar-refractivity contribution >= 4 is 9.84 Å². The maximum Gasteiger partial charge on any atom is 0.182 e. The summed E-state index contributed by atoms with van der Waals surface area (Å²) in [7, 11) is -3.63. The molecule has 0 unspecified atom stereocenters. The van der Waals surface area contributed by atoms with E-state index < -0.39 is 21.4 Å². The molecule has 0 aliphatic carbocycles. The summed E-state index contributed by atoms with van der Waals surface area (Å²) in [5.41, 5.74) is 1.06. The standard InChI is InChI=1S/C15H12FNO2S/c1-11-3-2-4-14(7-11)20(18,19)10-13-8-12(9-17)5-6-15(13)16/h2-8H,10H2,1H3. The van der Waals surface area contributed by atoms with E-state index in [2.05, 4.69) is 0 Å². The summed E-state index contributed by atoms with van der Waals surface area (Å²) in [5.74, 6) is -1.09. The number of hydrogen-bond donors (Lipinski definition) is 0. The van der Waals surface area contributed by atoms with Gasteiger partial charge in [0.1, 0.15) is 5.82 Å². The van der Waals surface area contributed by atoms with E-state index in [1.165, 1.54) is 18.2 Å². The highest BCUT2D eigenvalue weighted by Crippen LogP contribution is 2.20. The lowest BCUT2D eigenvalue weighted by atomic mass is 10.1. The van der Waals surface area contributed by atoms with Gasteiger partial charge >= 0.3 is 0 Å². The van der Waals surface area contributed by atoms with Crippen molar-refractivity contribution in [2.75, 3.05) is 0 Å². The van der Waals surface area contributed by atoms with Crippen molar-refractivity contribution in [3.8, 4) is 6.07 Å². The molecule has 0 bridgehead atoms. The van der Waals surface area contributed by atoms with Gasteiger partial charge in [0.2, 0.25) is 0 Å². The molecule has 0 N–H and O–H groups in total. The summed E-state index contributed by atoms with van der Waals surface area (Å²) in [6.45, 7) is 1.79. The molecule has 0 aromatic heterocycles. The fourth-order valence-corrected chi connectivity index (χ4v) is 3.30. The van der Waals surface area contributed by atoms with Gasteiger partial charge in [-0.05, 0) is 42.8 Å². The fourth-order valence-electron chi connectivity index (χ4n) is 1.85. The number of aryl methyl sites for hydroxylation is 1. The first-order valence-electron chi connectivity index (χ1n) is 5.90. The molecule has 0 aliphatic rings. The average molecular weight is 289 g/mol. The number of nitrogens with zero attached hydrogens (tertiary/aromatic N) is 1. The third-order valence-corrected chi connectivity index (χ3v) is 4.53. The van der Waals surface area contributed by atoms with Crippen LogP contribution in [-0.2, 0) is 15.6 Å². The Balaban J connectivity index is 2.41. The molecular formula is C15H12FNO2S. The Bertz CT molecular complexity index is 792. The highest BCUT2D eigenvalue weighted by atomic mass is 32.2. The molecule has 0 atom stereocenters. The molecule has 20 heavy (non-hydrogen) atoms. The zero-order valence-corrected chi connectivity index (χ0v) is 11.6. The highest BCUT2D eigenvalue weighted by Gasteiger charge is 2.18. The highest BCUT2D eigenvalue weighted by molar-refractivity contribution is 7.90. The van der Waals surface area contributed by atoms with Crippen molar-refractivity contribution in [3.63, 3.8) is 0 Å². The lowest BCUT2D eigenvalue weighted by Crippen LogP contribution is -2.07. The van der Waals surface area contributed by atoms with Gasteiger partial charge in [0.05, 0.1) is 22.3 Å². The summed E-state index contributed by atoms with van der Waals surface area (Å²) in [5, 5.41) is 8.78. The first-order valence-corrected chi connectivity index (χ1v) is 7.55. The molecule has 0 aliphatic heterocycles. The monoisotopic (exact) mass is 289 g/mol. The summed E-state index contributed by atoms with van der Waals surface area (Å²) in [6, 6.07) is 12.0. The Hall–Kier alpha value is -2.19. The Morgan fingerprint density at radius 3 is 2.60 bits per heavy atom. The summed E-state index contributed by atoms with van der Waals surface area (Å²) in [4.78, 5) is 0.152. The SMILES string of the molecule is Cc1cccc(S(=O)(=O)Cc2cc(C#N)ccc2F)c1. The van der Waals surface area contributed by atoms with E-state index in [-0.39, 0.29) is 16.0 Å². The number of halogens is 1. The lowest BCUT2D eigenvalue weighted by molar-refractivity contribution is 0.587. The van der Waals surface area contributed by atoms with Crippen molar-refractivity contribution in [2.45, 2.75) is 17.6 Å². The Morgan fingerprint density at radius 1 is 1.20 bits per heavy atom. The maximum absolute atomic E-state index is 13.7. The molecule has 0 saturated carbocycles. The number of sulfone groups is 1. The van der Waals surface area contributed by atoms with Crippen LogP contribution in [0, 0.1) is 24.1 Å². The number of nitriles is 1. The molecule has 0 radical (unpaired) electrons. The van der Waals surface area contributed by atoms with E-state index in [0.717, 1.165) is 11.6 Å². The van der Waals surface area contributed by atoms with Crippen LogP contribution in [0.25, 0.3) is 0 Å². The largest absolute Gasteiger partial charge is 0.223 e. The predicted octanol–water partition coefficient (Wildman–Crippen LogP) is 2.98. The van der Waals surface area contributed by atoms with Crippen LogP contribution in [0.1, 0.15) is 16.7 Å². The molecule has 0 saturated heterocycles. The van der Waals surface area contributed by atoms with E-state index in [9.17, 15) is 12.8 Å². The molecule has 102 valence electrons. The molecule has 0 spiro atoms. The second-order valence-corrected chi connectivity index (χ2v) is 6.48. The molecular weight excluding hydrogens is 277 g/mol. The van der Waals surface area contributed by atoms with Crippen molar-refractivity contribution in [2.24, 2.45) is 0 Å². The molecule has 3 nitrogen and oxygen atoms in total. The third kappa shape index (κ3) is 3.03. The molecule has 0 heterocycles. The van der Waals surface area contributed by atoms with Crippen LogP contribution in [0.4, 0.5) is 4.39 Å². The van der Waals surface area contributed by atoms with Gasteiger partial charge in [0.25, 0.3) is 0 Å².